The summed E-state index contributed by atoms with van der Waals surface area (Å²) in [5, 5.41) is 24.3. The second-order valence-corrected chi connectivity index (χ2v) is 33.1. The van der Waals surface area contributed by atoms with Crippen LogP contribution < -0.4 is 23.9 Å². The molecule has 67 heavy (non-hydrogen) atoms. The average molecular weight is 1430 g/mol. The van der Waals surface area contributed by atoms with Crippen LogP contribution >= 0.6 is 37.2 Å². The smallest absolute Gasteiger partial charge is 0 e. The molecule has 2 amide bonds. The number of hydrogen-bond donors (Lipinski definition) is 4. The first-order chi connectivity index (χ1) is 30.1. The predicted octanol–water partition coefficient (Wildman–Crippen LogP) is 2.87. The van der Waals surface area contributed by atoms with Crippen LogP contribution in [-0.2, 0) is 117 Å². The maximum absolute atomic E-state index is 12.9. The van der Waals surface area contributed by atoms with E-state index >= 15 is 0 Å². The summed E-state index contributed by atoms with van der Waals surface area (Å²) in [7, 11) is 0. The third-order valence-electron chi connectivity index (χ3n) is 10.6. The van der Waals surface area contributed by atoms with E-state index in [4.69, 9.17) is 9.47 Å². The van der Waals surface area contributed by atoms with Crippen LogP contribution in [-0.4, -0.2) is 139 Å². The van der Waals surface area contributed by atoms with Gasteiger partial charge in [-0.2, -0.15) is 0 Å². The molecule has 2 saturated heterocycles. The number of carboxylic acids is 2. The summed E-state index contributed by atoms with van der Waals surface area (Å²) >= 11 is 5.30. The molecule has 6 N–H and O–H groups in total. The van der Waals surface area contributed by atoms with Crippen LogP contribution in [0, 0.1) is 23.7 Å². The maximum atomic E-state index is 12.9. The number of amides is 2. The van der Waals surface area contributed by atoms with Crippen molar-refractivity contribution >= 4 is 72.6 Å². The van der Waals surface area contributed by atoms with Gasteiger partial charge in [-0.1, -0.05) is 95.8 Å². The van der Waals surface area contributed by atoms with Gasteiger partial charge >= 0.3 is 62.4 Å². The Morgan fingerprint density at radius 3 is 1.18 bits per heavy atom. The van der Waals surface area contributed by atoms with Gasteiger partial charge in [0.05, 0.1) is 39.5 Å². The molecular formula is C47H74I3N4O11Y2-. The summed E-state index contributed by atoms with van der Waals surface area (Å²) < 4.78 is 10.6. The van der Waals surface area contributed by atoms with E-state index in [1.54, 1.807) is 0 Å². The normalized spacial score (nSPS) is 15.3. The number of rotatable bonds is 24. The fraction of sp³-hybridized carbons (Fsp3) is 0.617. The number of Topliss-reactive ketones (excluding diaryl/α,β-unsaturated/α-hetero) is 2. The van der Waals surface area contributed by atoms with E-state index in [1.807, 2.05) is 98.2 Å². The Labute approximate surface area is 479 Å². The Kier molecular flexibility index (Phi) is 45.0. The molecule has 0 aromatic heterocycles. The molecule has 0 spiro atoms. The zero-order valence-corrected chi connectivity index (χ0v) is 51.0. The zero-order chi connectivity index (χ0) is 46.6. The van der Waals surface area contributed by atoms with Crippen molar-refractivity contribution in [1.29, 1.82) is 0 Å². The summed E-state index contributed by atoms with van der Waals surface area (Å²) in [6.07, 6.45) is 3.26. The minimum Gasteiger partial charge on any atom is -0.412 e. The van der Waals surface area contributed by atoms with Gasteiger partial charge in [0, 0.05) is 116 Å². The number of benzene rings is 2. The molecule has 15 nitrogen and oxygen atoms in total. The minimum atomic E-state index is -1.04. The summed E-state index contributed by atoms with van der Waals surface area (Å²) in [6.45, 7) is 13.6. The minimum absolute atomic E-state index is 0. The molecule has 0 saturated carbocycles. The van der Waals surface area contributed by atoms with E-state index in [2.05, 4.69) is 47.9 Å². The number of carboxylic acid groups (broad SMARTS) is 2. The summed E-state index contributed by atoms with van der Waals surface area (Å²) in [5.74, 6) is -3.61. The first-order valence-electron chi connectivity index (χ1n) is 21.8. The number of halogens is 3. The van der Waals surface area contributed by atoms with E-state index in [-0.39, 0.29) is 126 Å². The van der Waals surface area contributed by atoms with E-state index in [0.717, 1.165) is 11.1 Å². The van der Waals surface area contributed by atoms with Crippen molar-refractivity contribution in [1.82, 2.24) is 20.4 Å². The molecule has 0 unspecified atom stereocenters. The van der Waals surface area contributed by atoms with Crippen molar-refractivity contribution in [2.24, 2.45) is 23.7 Å². The Balaban J connectivity index is -0.00000109. The summed E-state index contributed by atoms with van der Waals surface area (Å²) in [6, 6.07) is 17.7. The molecule has 0 bridgehead atoms. The largest absolute Gasteiger partial charge is 0.412 e. The number of aryl methyl sites for hydroxylation is 2. The fourth-order valence-electron chi connectivity index (χ4n) is 7.28. The van der Waals surface area contributed by atoms with Gasteiger partial charge in [-0.3, -0.25) is 29.0 Å². The number of hydrogen-bond acceptors (Lipinski definition) is 10. The van der Waals surface area contributed by atoms with Gasteiger partial charge in [0.1, 0.15) is 23.7 Å². The van der Waals surface area contributed by atoms with E-state index in [9.17, 15) is 39.0 Å². The van der Waals surface area contributed by atoms with Crippen molar-refractivity contribution in [2.75, 3.05) is 65.7 Å². The quantitative estimate of drug-likeness (QED) is 0.112. The molecule has 4 atom stereocenters. The first-order valence-corrected chi connectivity index (χ1v) is 34.3. The van der Waals surface area contributed by atoms with Gasteiger partial charge in [0.15, 0.2) is 0 Å². The van der Waals surface area contributed by atoms with Gasteiger partial charge in [-0.15, -0.1) is 0 Å². The van der Waals surface area contributed by atoms with Crippen molar-refractivity contribution in [3.63, 3.8) is 0 Å². The number of carbonyl (C=O) groups is 6. The van der Waals surface area contributed by atoms with Crippen molar-refractivity contribution in [3.05, 3.63) is 71.8 Å². The molecule has 20 heteroatoms. The van der Waals surface area contributed by atoms with Crippen molar-refractivity contribution in [2.45, 2.75) is 98.6 Å². The first kappa shape index (κ1) is 71.1. The van der Waals surface area contributed by atoms with Crippen molar-refractivity contribution < 1.29 is 133 Å². The maximum Gasteiger partial charge on any atom is 0 e. The monoisotopic (exact) mass is 1430 g/mol. The molecule has 2 aromatic carbocycles. The SMILES string of the molecule is C.CC(C)C[C@H](NC(=O)[C@H](CCc1ccccc1)CC(=O)CN1CCOCC1)C(=O)O.CC(C)C[C@H](NC(=O)[C@H](CCc1ccccc1)CC(=O)CN1CCOCC1)C(=O)O.I[I-]I.O.[Y].[Y]. The molecule has 2 aliphatic heterocycles. The summed E-state index contributed by atoms with van der Waals surface area (Å²) in [5.41, 5.74) is 2.18. The van der Waals surface area contributed by atoms with E-state index < -0.39 is 35.9 Å². The second kappa shape index (κ2) is 42.4. The van der Waals surface area contributed by atoms with Crippen LogP contribution in [0.3, 0.4) is 0 Å². The van der Waals surface area contributed by atoms with Crippen LogP contribution in [0.15, 0.2) is 60.7 Å². The number of nitrogens with zero attached hydrogens (tertiary/aromatic N) is 2. The number of aliphatic carboxylic acids is 2. The van der Waals surface area contributed by atoms with Gasteiger partial charge in [0.2, 0.25) is 11.8 Å². The van der Waals surface area contributed by atoms with E-state index in [1.165, 1.54) is 0 Å². The zero-order valence-electron chi connectivity index (χ0n) is 38.8. The van der Waals surface area contributed by atoms with Crippen LogP contribution in [0.25, 0.3) is 0 Å². The number of ether oxygens (including phenoxy) is 2. The number of nitrogens with one attached hydrogen (secondary N) is 2. The van der Waals surface area contributed by atoms with Crippen molar-refractivity contribution in [3.8, 4) is 0 Å². The average Bonchev–Trinajstić information content (AvgIpc) is 3.24. The Morgan fingerprint density at radius 2 is 0.910 bits per heavy atom. The Morgan fingerprint density at radius 1 is 0.612 bits per heavy atom. The standard InChI is InChI=1S/2C23H34N2O5.CH4.I3.H2O.2Y/c2*1-17(2)14-21(23(28)29)24-22(27)19(9-8-18-6-4-3-5-7-18)15-20(26)16-25-10-12-30-13-11-25;;1-3-2;;;/h2*3-7,17,19,21H,8-16H2,1-2H3,(H,24,27)(H,28,29);1H4;;1H2;;/q;;;-1;;;/t2*19-,21+;;;;;/m11...../s1. The molecule has 2 aromatic rings. The summed E-state index contributed by atoms with van der Waals surface area (Å²) in [4.78, 5) is 78.4. The number of carbonyl (C=O) groups excluding carboxylic acids is 4. The van der Waals surface area contributed by atoms with Crippen LogP contribution in [0.2, 0.25) is 0 Å². The van der Waals surface area contributed by atoms with Gasteiger partial charge in [0.25, 0.3) is 0 Å². The van der Waals surface area contributed by atoms with Crippen LogP contribution in [0.4, 0.5) is 0 Å². The molecular weight excluding hydrogens is 1360 g/mol. The third kappa shape index (κ3) is 33.3. The Hall–Kier alpha value is -0.142. The molecule has 0 aliphatic carbocycles. The predicted molar refractivity (Wildman–Crippen MR) is 267 cm³/mol. The molecule has 376 valence electrons. The van der Waals surface area contributed by atoms with Gasteiger partial charge in [-0.05, 0) is 61.5 Å². The fourth-order valence-corrected chi connectivity index (χ4v) is 7.28. The molecule has 2 fully saturated rings. The second-order valence-electron chi connectivity index (χ2n) is 16.8. The van der Waals surface area contributed by atoms with Gasteiger partial charge < -0.3 is 35.8 Å². The van der Waals surface area contributed by atoms with Crippen LogP contribution in [0.1, 0.15) is 84.8 Å². The van der Waals surface area contributed by atoms with Crippen LogP contribution in [0.5, 0.6) is 0 Å². The molecule has 4 rings (SSSR count). The topological polar surface area (TPSA) is 223 Å². The van der Waals surface area contributed by atoms with E-state index in [0.29, 0.717) is 117 Å². The third-order valence-corrected chi connectivity index (χ3v) is 10.6. The van der Waals surface area contributed by atoms with Gasteiger partial charge in [-0.25, -0.2) is 9.59 Å². The number of morpholine rings is 2. The Bertz CT molecular complexity index is 1540. The molecule has 2 aliphatic rings. The molecule has 2 radical (unpaired) electrons. The molecule has 2 heterocycles. The number of ketones is 2.